The van der Waals surface area contributed by atoms with Crippen molar-refractivity contribution in [1.82, 2.24) is 14.8 Å². The van der Waals surface area contributed by atoms with Gasteiger partial charge < -0.3 is 14.8 Å². The van der Waals surface area contributed by atoms with Gasteiger partial charge in [0.15, 0.2) is 0 Å². The van der Waals surface area contributed by atoms with Crippen molar-refractivity contribution >= 4 is 11.8 Å². The lowest BCUT2D eigenvalue weighted by molar-refractivity contribution is -0.132. The summed E-state index contributed by atoms with van der Waals surface area (Å²) in [5.41, 5.74) is 0.852. The second kappa shape index (κ2) is 10.4. The zero-order valence-corrected chi connectivity index (χ0v) is 18.1. The minimum absolute atomic E-state index is 0.162. The lowest BCUT2D eigenvalue weighted by atomic mass is 9.95. The number of carbonyl (C=O) groups excluding carboxylic acids is 2. The number of rotatable bonds is 7. The third-order valence-electron chi connectivity index (χ3n) is 5.99. The number of nitrogens with one attached hydrogen (secondary N) is 1. The van der Waals surface area contributed by atoms with E-state index in [0.717, 1.165) is 31.2 Å². The topological polar surface area (TPSA) is 71.4 Å². The third kappa shape index (κ3) is 5.81. The molecule has 1 atom stereocenters. The Morgan fingerprint density at radius 2 is 1.81 bits per heavy atom. The maximum atomic E-state index is 13.2. The van der Waals surface area contributed by atoms with Gasteiger partial charge in [0.1, 0.15) is 12.4 Å². The predicted octanol–water partition coefficient (Wildman–Crippen LogP) is 3.66. The molecule has 0 aliphatic heterocycles. The van der Waals surface area contributed by atoms with Crippen LogP contribution in [0, 0.1) is 5.82 Å². The van der Waals surface area contributed by atoms with E-state index in [1.165, 1.54) is 41.5 Å². The summed E-state index contributed by atoms with van der Waals surface area (Å²) in [5.74, 6) is -0.815. The summed E-state index contributed by atoms with van der Waals surface area (Å²) in [5, 5.41) is 3.03. The normalized spacial score (nSPS) is 15.3. The summed E-state index contributed by atoms with van der Waals surface area (Å²) in [6.07, 6.45) is 7.45. The number of hydrogen-bond acceptors (Lipinski definition) is 3. The summed E-state index contributed by atoms with van der Waals surface area (Å²) in [6.45, 7) is 1.78. The minimum atomic E-state index is -0.342. The molecule has 1 saturated carbocycles. The zero-order chi connectivity index (χ0) is 22.4. The SMILES string of the molecule is CCC(c1ccc(F)cc1)N(C)C(=O)Cn1cc(C(=O)NC2CCCCC2)ccc1=O. The Balaban J connectivity index is 1.71. The number of benzene rings is 1. The lowest BCUT2D eigenvalue weighted by Crippen LogP contribution is -2.38. The maximum absolute atomic E-state index is 13.2. The van der Waals surface area contributed by atoms with Gasteiger partial charge in [-0.2, -0.15) is 0 Å². The first-order valence-corrected chi connectivity index (χ1v) is 10.9. The van der Waals surface area contributed by atoms with Gasteiger partial charge in [-0.25, -0.2) is 4.39 Å². The van der Waals surface area contributed by atoms with Crippen molar-refractivity contribution < 1.29 is 14.0 Å². The third-order valence-corrected chi connectivity index (χ3v) is 5.99. The standard InChI is InChI=1S/C24H30FN3O3/c1-3-21(17-9-12-19(25)13-10-17)27(2)23(30)16-28-15-18(11-14-22(28)29)24(31)26-20-7-5-4-6-8-20/h9-15,20-21H,3-8,16H2,1-2H3,(H,26,31). The number of nitrogens with zero attached hydrogens (tertiary/aromatic N) is 2. The molecule has 6 nitrogen and oxygen atoms in total. The molecule has 1 N–H and O–H groups in total. The van der Waals surface area contributed by atoms with E-state index in [4.69, 9.17) is 0 Å². The number of amides is 2. The van der Waals surface area contributed by atoms with Crippen LogP contribution < -0.4 is 10.9 Å². The van der Waals surface area contributed by atoms with E-state index in [9.17, 15) is 18.8 Å². The maximum Gasteiger partial charge on any atom is 0.252 e. The Morgan fingerprint density at radius 3 is 2.45 bits per heavy atom. The number of halogens is 1. The van der Waals surface area contributed by atoms with Crippen molar-refractivity contribution in [3.05, 3.63) is 69.9 Å². The average Bonchev–Trinajstić information content (AvgIpc) is 2.77. The fourth-order valence-electron chi connectivity index (χ4n) is 4.15. The van der Waals surface area contributed by atoms with Crippen LogP contribution >= 0.6 is 0 Å². The minimum Gasteiger partial charge on any atom is -0.349 e. The first-order valence-electron chi connectivity index (χ1n) is 10.9. The molecule has 1 aliphatic carbocycles. The number of pyridine rings is 1. The molecular weight excluding hydrogens is 397 g/mol. The van der Waals surface area contributed by atoms with E-state index in [0.29, 0.717) is 12.0 Å². The van der Waals surface area contributed by atoms with Crippen LogP contribution in [0.15, 0.2) is 47.4 Å². The monoisotopic (exact) mass is 427 g/mol. The van der Waals surface area contributed by atoms with Gasteiger partial charge >= 0.3 is 0 Å². The van der Waals surface area contributed by atoms with Gasteiger partial charge in [0.25, 0.3) is 11.5 Å². The highest BCUT2D eigenvalue weighted by atomic mass is 19.1. The fourth-order valence-corrected chi connectivity index (χ4v) is 4.15. The van der Waals surface area contributed by atoms with E-state index >= 15 is 0 Å². The van der Waals surface area contributed by atoms with Crippen LogP contribution in [0.4, 0.5) is 4.39 Å². The summed E-state index contributed by atoms with van der Waals surface area (Å²) in [4.78, 5) is 39.4. The van der Waals surface area contributed by atoms with Crippen molar-refractivity contribution in [3.63, 3.8) is 0 Å². The molecule has 0 bridgehead atoms. The number of hydrogen-bond donors (Lipinski definition) is 1. The first kappa shape index (κ1) is 22.7. The Kier molecular flexibility index (Phi) is 7.60. The molecule has 2 amide bonds. The zero-order valence-electron chi connectivity index (χ0n) is 18.1. The molecule has 0 radical (unpaired) electrons. The van der Waals surface area contributed by atoms with E-state index < -0.39 is 0 Å². The highest BCUT2D eigenvalue weighted by Gasteiger charge is 2.22. The van der Waals surface area contributed by atoms with E-state index in [-0.39, 0.29) is 41.8 Å². The molecule has 0 spiro atoms. The summed E-state index contributed by atoms with van der Waals surface area (Å²) < 4.78 is 14.5. The van der Waals surface area contributed by atoms with Crippen LogP contribution in [-0.4, -0.2) is 34.4 Å². The van der Waals surface area contributed by atoms with Crippen LogP contribution in [0.3, 0.4) is 0 Å². The van der Waals surface area contributed by atoms with Gasteiger partial charge in [0, 0.05) is 25.4 Å². The Labute approximate surface area is 182 Å². The molecule has 1 aromatic carbocycles. The second-order valence-electron chi connectivity index (χ2n) is 8.17. The molecule has 31 heavy (non-hydrogen) atoms. The summed E-state index contributed by atoms with van der Waals surface area (Å²) in [7, 11) is 1.67. The van der Waals surface area contributed by atoms with Crippen LogP contribution in [0.2, 0.25) is 0 Å². The van der Waals surface area contributed by atoms with E-state index in [1.807, 2.05) is 6.92 Å². The Bertz CT molecular complexity index is 965. The van der Waals surface area contributed by atoms with Gasteiger partial charge in [0.05, 0.1) is 11.6 Å². The van der Waals surface area contributed by atoms with E-state index in [1.54, 1.807) is 24.1 Å². The van der Waals surface area contributed by atoms with Crippen molar-refractivity contribution in [2.24, 2.45) is 0 Å². The highest BCUT2D eigenvalue weighted by molar-refractivity contribution is 5.94. The molecular formula is C24H30FN3O3. The number of carbonyl (C=O) groups is 2. The number of likely N-dealkylation sites (N-methyl/N-ethyl adjacent to an activating group) is 1. The second-order valence-corrected chi connectivity index (χ2v) is 8.17. The van der Waals surface area contributed by atoms with Crippen molar-refractivity contribution in [1.29, 1.82) is 0 Å². The molecule has 1 unspecified atom stereocenters. The molecule has 0 saturated heterocycles. The predicted molar refractivity (Wildman–Crippen MR) is 117 cm³/mol. The van der Waals surface area contributed by atoms with Gasteiger partial charge in [-0.1, -0.05) is 38.3 Å². The highest BCUT2D eigenvalue weighted by Crippen LogP contribution is 2.23. The molecule has 2 aromatic rings. The quantitative estimate of drug-likeness (QED) is 0.733. The van der Waals surface area contributed by atoms with Crippen LogP contribution in [-0.2, 0) is 11.3 Å². The van der Waals surface area contributed by atoms with Gasteiger partial charge in [-0.15, -0.1) is 0 Å². The molecule has 166 valence electrons. The smallest absolute Gasteiger partial charge is 0.252 e. The van der Waals surface area contributed by atoms with Crippen molar-refractivity contribution in [2.45, 2.75) is 64.1 Å². The van der Waals surface area contributed by atoms with Crippen molar-refractivity contribution in [2.75, 3.05) is 7.05 Å². The van der Waals surface area contributed by atoms with Crippen molar-refractivity contribution in [3.8, 4) is 0 Å². The van der Waals surface area contributed by atoms with Crippen LogP contribution in [0.5, 0.6) is 0 Å². The average molecular weight is 428 g/mol. The summed E-state index contributed by atoms with van der Waals surface area (Å²) >= 11 is 0. The molecule has 7 heteroatoms. The van der Waals surface area contributed by atoms with Crippen LogP contribution in [0.25, 0.3) is 0 Å². The molecule has 1 aromatic heterocycles. The first-order chi connectivity index (χ1) is 14.9. The van der Waals surface area contributed by atoms with Gasteiger partial charge in [0.2, 0.25) is 5.91 Å². The molecule has 1 aliphatic rings. The Hall–Kier alpha value is -2.96. The largest absolute Gasteiger partial charge is 0.349 e. The molecule has 1 fully saturated rings. The summed E-state index contributed by atoms with van der Waals surface area (Å²) in [6, 6.07) is 8.81. The molecule has 3 rings (SSSR count). The van der Waals surface area contributed by atoms with E-state index in [2.05, 4.69) is 5.32 Å². The fraction of sp³-hybridized carbons (Fsp3) is 0.458. The lowest BCUT2D eigenvalue weighted by Gasteiger charge is -2.28. The van der Waals surface area contributed by atoms with Gasteiger partial charge in [-0.05, 0) is 43.0 Å². The number of aromatic nitrogens is 1. The van der Waals surface area contributed by atoms with Crippen LogP contribution in [0.1, 0.15) is 67.4 Å². The van der Waals surface area contributed by atoms with Gasteiger partial charge in [-0.3, -0.25) is 14.4 Å². The Morgan fingerprint density at radius 1 is 1.13 bits per heavy atom. The molecule has 1 heterocycles.